The fraction of sp³-hybridized carbons (Fsp3) is 0.200. The fourth-order valence-electron chi connectivity index (χ4n) is 2.13. The molecular formula is C20H20Cl2N4O2S. The molecule has 0 spiro atoms. The Kier molecular flexibility index (Phi) is 9.18. The van der Waals surface area contributed by atoms with Gasteiger partial charge in [-0.2, -0.15) is 10.2 Å². The molecule has 2 atom stereocenters. The number of halogens is 2. The quantitative estimate of drug-likeness (QED) is 0.468. The molecule has 0 fully saturated rings. The Morgan fingerprint density at radius 3 is 1.66 bits per heavy atom. The third kappa shape index (κ3) is 8.27. The van der Waals surface area contributed by atoms with Crippen molar-refractivity contribution in [3.05, 3.63) is 69.7 Å². The molecule has 0 aliphatic heterocycles. The number of thioether (sulfide) groups is 1. The second kappa shape index (κ2) is 11.6. The minimum atomic E-state index is -0.482. The van der Waals surface area contributed by atoms with Crippen molar-refractivity contribution in [1.82, 2.24) is 10.9 Å². The molecule has 0 saturated heterocycles. The maximum atomic E-state index is 12.1. The molecular weight excluding hydrogens is 431 g/mol. The van der Waals surface area contributed by atoms with E-state index < -0.39 is 10.5 Å². The maximum Gasteiger partial charge on any atom is 0.252 e. The highest BCUT2D eigenvalue weighted by molar-refractivity contribution is 8.01. The van der Waals surface area contributed by atoms with E-state index in [4.69, 9.17) is 23.2 Å². The molecule has 2 N–H and O–H groups in total. The van der Waals surface area contributed by atoms with Crippen molar-refractivity contribution in [3.8, 4) is 0 Å². The van der Waals surface area contributed by atoms with Gasteiger partial charge < -0.3 is 0 Å². The largest absolute Gasteiger partial charge is 0.272 e. The zero-order valence-corrected chi connectivity index (χ0v) is 18.1. The minimum absolute atomic E-state index is 0.310. The van der Waals surface area contributed by atoms with E-state index >= 15 is 0 Å². The first-order valence-corrected chi connectivity index (χ1v) is 10.4. The van der Waals surface area contributed by atoms with Crippen LogP contribution in [0.3, 0.4) is 0 Å². The van der Waals surface area contributed by atoms with E-state index in [1.165, 1.54) is 24.2 Å². The van der Waals surface area contributed by atoms with Gasteiger partial charge in [-0.25, -0.2) is 10.9 Å². The zero-order chi connectivity index (χ0) is 21.2. The standard InChI is InChI=1S/C20H20Cl2N4O2S/c1-13(19(27)25-23-11-15-5-3-7-17(21)9-15)29-14(2)20(28)26-24-12-16-6-4-8-18(22)10-16/h3-14H,1-2H3,(H,25,27)(H,26,28)/b23-11+,24-12+. The summed E-state index contributed by atoms with van der Waals surface area (Å²) >= 11 is 13.0. The predicted octanol–water partition coefficient (Wildman–Crippen LogP) is 4.10. The van der Waals surface area contributed by atoms with Crippen LogP contribution in [0.2, 0.25) is 10.0 Å². The molecule has 6 nitrogen and oxygen atoms in total. The minimum Gasteiger partial charge on any atom is -0.272 e. The van der Waals surface area contributed by atoms with Gasteiger partial charge in [0.05, 0.1) is 22.9 Å². The van der Waals surface area contributed by atoms with Gasteiger partial charge in [-0.05, 0) is 49.2 Å². The third-order valence-electron chi connectivity index (χ3n) is 3.62. The van der Waals surface area contributed by atoms with Gasteiger partial charge in [0.15, 0.2) is 0 Å². The average Bonchev–Trinajstić information content (AvgIpc) is 2.67. The van der Waals surface area contributed by atoms with Crippen molar-refractivity contribution in [2.75, 3.05) is 0 Å². The summed E-state index contributed by atoms with van der Waals surface area (Å²) in [7, 11) is 0. The molecule has 2 amide bonds. The lowest BCUT2D eigenvalue weighted by Crippen LogP contribution is -2.33. The number of benzene rings is 2. The molecule has 0 aliphatic carbocycles. The van der Waals surface area contributed by atoms with Crippen LogP contribution in [0, 0.1) is 0 Å². The number of nitrogens with one attached hydrogen (secondary N) is 2. The van der Waals surface area contributed by atoms with E-state index in [-0.39, 0.29) is 11.8 Å². The molecule has 0 radical (unpaired) electrons. The van der Waals surface area contributed by atoms with Crippen molar-refractivity contribution in [2.24, 2.45) is 10.2 Å². The summed E-state index contributed by atoms with van der Waals surface area (Å²) in [5.74, 6) is -0.620. The van der Waals surface area contributed by atoms with Gasteiger partial charge in [-0.1, -0.05) is 47.5 Å². The van der Waals surface area contributed by atoms with Crippen molar-refractivity contribution < 1.29 is 9.59 Å². The molecule has 0 saturated carbocycles. The van der Waals surface area contributed by atoms with Crippen LogP contribution in [0.1, 0.15) is 25.0 Å². The van der Waals surface area contributed by atoms with Crippen LogP contribution in [0.15, 0.2) is 58.7 Å². The molecule has 2 unspecified atom stereocenters. The highest BCUT2D eigenvalue weighted by atomic mass is 35.5. The fourth-order valence-corrected chi connectivity index (χ4v) is 3.49. The number of hydrogen-bond acceptors (Lipinski definition) is 5. The number of hydrogen-bond donors (Lipinski definition) is 2. The van der Waals surface area contributed by atoms with E-state index in [1.54, 1.807) is 50.2 Å². The normalized spacial score (nSPS) is 13.4. The van der Waals surface area contributed by atoms with Crippen LogP contribution in [0.25, 0.3) is 0 Å². The molecule has 0 bridgehead atoms. The summed E-state index contributed by atoms with van der Waals surface area (Å²) in [4.78, 5) is 24.3. The Morgan fingerprint density at radius 1 is 0.862 bits per heavy atom. The van der Waals surface area contributed by atoms with Crippen LogP contribution in [0.4, 0.5) is 0 Å². The first-order valence-electron chi connectivity index (χ1n) is 8.67. The van der Waals surface area contributed by atoms with Crippen LogP contribution in [-0.2, 0) is 9.59 Å². The highest BCUT2D eigenvalue weighted by Gasteiger charge is 2.21. The van der Waals surface area contributed by atoms with E-state index in [1.807, 2.05) is 12.1 Å². The molecule has 9 heteroatoms. The van der Waals surface area contributed by atoms with Crippen molar-refractivity contribution >= 4 is 59.2 Å². The Labute approximate surface area is 183 Å². The van der Waals surface area contributed by atoms with Crippen molar-refractivity contribution in [2.45, 2.75) is 24.3 Å². The van der Waals surface area contributed by atoms with Crippen LogP contribution in [0.5, 0.6) is 0 Å². The van der Waals surface area contributed by atoms with E-state index in [2.05, 4.69) is 21.1 Å². The monoisotopic (exact) mass is 450 g/mol. The van der Waals surface area contributed by atoms with Gasteiger partial charge in [0.25, 0.3) is 11.8 Å². The predicted molar refractivity (Wildman–Crippen MR) is 121 cm³/mol. The number of carbonyl (C=O) groups is 2. The van der Waals surface area contributed by atoms with Gasteiger partial charge in [0, 0.05) is 10.0 Å². The Hall–Kier alpha value is -2.35. The first-order chi connectivity index (χ1) is 13.8. The molecule has 0 aromatic heterocycles. The van der Waals surface area contributed by atoms with Gasteiger partial charge in [0.1, 0.15) is 0 Å². The second-order valence-corrected chi connectivity index (χ2v) is 8.56. The second-order valence-electron chi connectivity index (χ2n) is 6.00. The summed E-state index contributed by atoms with van der Waals surface area (Å²) in [5, 5.41) is 8.04. The molecule has 0 heterocycles. The summed E-state index contributed by atoms with van der Waals surface area (Å²) < 4.78 is 0. The third-order valence-corrected chi connectivity index (χ3v) is 5.34. The van der Waals surface area contributed by atoms with Crippen molar-refractivity contribution in [1.29, 1.82) is 0 Å². The molecule has 2 aromatic carbocycles. The smallest absolute Gasteiger partial charge is 0.252 e. The average molecular weight is 451 g/mol. The first kappa shape index (κ1) is 22.9. The lowest BCUT2D eigenvalue weighted by Gasteiger charge is -2.14. The molecule has 152 valence electrons. The van der Waals surface area contributed by atoms with E-state index in [0.717, 1.165) is 11.1 Å². The maximum absolute atomic E-state index is 12.1. The number of rotatable bonds is 8. The number of carbonyl (C=O) groups excluding carboxylic acids is 2. The lowest BCUT2D eigenvalue weighted by atomic mass is 10.2. The molecule has 2 aromatic rings. The van der Waals surface area contributed by atoms with Crippen LogP contribution in [-0.4, -0.2) is 34.7 Å². The Balaban J connectivity index is 1.78. The molecule has 0 aliphatic rings. The zero-order valence-electron chi connectivity index (χ0n) is 15.8. The highest BCUT2D eigenvalue weighted by Crippen LogP contribution is 2.18. The summed E-state index contributed by atoms with van der Waals surface area (Å²) in [5.41, 5.74) is 6.45. The van der Waals surface area contributed by atoms with Crippen LogP contribution >= 0.6 is 35.0 Å². The number of hydrazone groups is 2. The summed E-state index contributed by atoms with van der Waals surface area (Å²) in [6.45, 7) is 3.40. The SMILES string of the molecule is CC(SC(C)C(=O)N/N=C/c1cccc(Cl)c1)C(=O)N/N=C/c1cccc(Cl)c1. The van der Waals surface area contributed by atoms with Crippen LogP contribution < -0.4 is 10.9 Å². The number of amides is 2. The molecule has 2 rings (SSSR count). The Bertz CT molecular complexity index is 847. The topological polar surface area (TPSA) is 82.9 Å². The van der Waals surface area contributed by atoms with Gasteiger partial charge in [-0.3, -0.25) is 9.59 Å². The summed E-state index contributed by atoms with van der Waals surface area (Å²) in [6, 6.07) is 14.2. The lowest BCUT2D eigenvalue weighted by molar-refractivity contribution is -0.120. The summed E-state index contributed by atoms with van der Waals surface area (Å²) in [6.07, 6.45) is 3.00. The van der Waals surface area contributed by atoms with Gasteiger partial charge in [0.2, 0.25) is 0 Å². The van der Waals surface area contributed by atoms with Crippen molar-refractivity contribution in [3.63, 3.8) is 0 Å². The number of nitrogens with zero attached hydrogens (tertiary/aromatic N) is 2. The van der Waals surface area contributed by atoms with E-state index in [9.17, 15) is 9.59 Å². The van der Waals surface area contributed by atoms with Gasteiger partial charge >= 0.3 is 0 Å². The molecule has 29 heavy (non-hydrogen) atoms. The van der Waals surface area contributed by atoms with Gasteiger partial charge in [-0.15, -0.1) is 11.8 Å². The Morgan fingerprint density at radius 2 is 1.28 bits per heavy atom. The van der Waals surface area contributed by atoms with E-state index in [0.29, 0.717) is 10.0 Å².